The van der Waals surface area contributed by atoms with Gasteiger partial charge >= 0.3 is 0 Å². The summed E-state index contributed by atoms with van der Waals surface area (Å²) in [6.45, 7) is 1.26. The standard InChI is InChI=1S/C26H28F2N2O3/c27-22-14-23(19-6-3-7-20(19)25(22)28)33-13-8-24(31)30-11-9-26(32,10-12-30)21-16-29-15-17-4-1-2-5-18(17)21/h1-2,4-5,14-16,24,31-32H,3,6-13H2. The second-order valence-electron chi connectivity index (χ2n) is 9.07. The third-order valence-corrected chi connectivity index (χ3v) is 7.10. The number of rotatable bonds is 6. The fourth-order valence-corrected chi connectivity index (χ4v) is 5.20. The van der Waals surface area contributed by atoms with Crippen molar-refractivity contribution in [2.75, 3.05) is 19.7 Å². The molecular formula is C26H28F2N2O3. The third-order valence-electron chi connectivity index (χ3n) is 7.10. The zero-order valence-corrected chi connectivity index (χ0v) is 18.4. The van der Waals surface area contributed by atoms with Crippen LogP contribution < -0.4 is 4.74 Å². The molecule has 2 N–H and O–H groups in total. The van der Waals surface area contributed by atoms with Crippen LogP contribution in [0.1, 0.15) is 42.4 Å². The SMILES string of the molecule is OC(CCOc1cc(F)c(F)c2c1CCC2)N1CCC(O)(c2cncc3ccccc23)CC1. The number of aliphatic hydroxyl groups is 2. The lowest BCUT2D eigenvalue weighted by atomic mass is 9.83. The van der Waals surface area contributed by atoms with Crippen LogP contribution in [0.2, 0.25) is 0 Å². The molecule has 1 saturated heterocycles. The number of fused-ring (bicyclic) bond motifs is 2. The number of likely N-dealkylation sites (tertiary alicyclic amines) is 1. The predicted molar refractivity (Wildman–Crippen MR) is 121 cm³/mol. The highest BCUT2D eigenvalue weighted by atomic mass is 19.2. The summed E-state index contributed by atoms with van der Waals surface area (Å²) in [5.41, 5.74) is 0.997. The van der Waals surface area contributed by atoms with Gasteiger partial charge in [0.2, 0.25) is 0 Å². The molecule has 2 aliphatic rings. The van der Waals surface area contributed by atoms with Crippen LogP contribution in [0.3, 0.4) is 0 Å². The highest BCUT2D eigenvalue weighted by Crippen LogP contribution is 2.37. The fourth-order valence-electron chi connectivity index (χ4n) is 5.20. The lowest BCUT2D eigenvalue weighted by Crippen LogP contribution is -2.47. The van der Waals surface area contributed by atoms with E-state index in [2.05, 4.69) is 4.98 Å². The van der Waals surface area contributed by atoms with E-state index >= 15 is 0 Å². The first-order chi connectivity index (χ1) is 16.0. The van der Waals surface area contributed by atoms with Crippen molar-refractivity contribution < 1.29 is 23.7 Å². The third kappa shape index (κ3) is 4.21. The largest absolute Gasteiger partial charge is 0.493 e. The normalized spacial score (nSPS) is 18.9. The number of halogens is 2. The first-order valence-corrected chi connectivity index (χ1v) is 11.6. The van der Waals surface area contributed by atoms with Gasteiger partial charge in [0.05, 0.1) is 12.2 Å². The summed E-state index contributed by atoms with van der Waals surface area (Å²) in [6.07, 6.45) is 6.10. The van der Waals surface area contributed by atoms with Gasteiger partial charge in [-0.2, -0.15) is 0 Å². The lowest BCUT2D eigenvalue weighted by molar-refractivity contribution is -0.0814. The van der Waals surface area contributed by atoms with Crippen LogP contribution in [0.5, 0.6) is 5.75 Å². The summed E-state index contributed by atoms with van der Waals surface area (Å²) >= 11 is 0. The smallest absolute Gasteiger partial charge is 0.162 e. The van der Waals surface area contributed by atoms with E-state index in [1.54, 1.807) is 12.4 Å². The molecule has 1 unspecified atom stereocenters. The minimum Gasteiger partial charge on any atom is -0.493 e. The number of hydrogen-bond donors (Lipinski definition) is 2. The highest BCUT2D eigenvalue weighted by molar-refractivity contribution is 5.85. The second-order valence-corrected chi connectivity index (χ2v) is 9.07. The number of pyridine rings is 1. The average Bonchev–Trinajstić information content (AvgIpc) is 3.33. The molecule has 3 aromatic rings. The Bertz CT molecular complexity index is 1160. The Hall–Kier alpha value is -2.61. The van der Waals surface area contributed by atoms with E-state index in [1.807, 2.05) is 29.2 Å². The van der Waals surface area contributed by atoms with Gasteiger partial charge in [-0.25, -0.2) is 8.78 Å². The number of piperidine rings is 1. The molecule has 1 atom stereocenters. The highest BCUT2D eigenvalue weighted by Gasteiger charge is 2.37. The summed E-state index contributed by atoms with van der Waals surface area (Å²) < 4.78 is 33.6. The van der Waals surface area contributed by atoms with Crippen LogP contribution in [0.15, 0.2) is 42.7 Å². The molecule has 0 saturated carbocycles. The zero-order valence-electron chi connectivity index (χ0n) is 18.4. The summed E-state index contributed by atoms with van der Waals surface area (Å²) in [7, 11) is 0. The van der Waals surface area contributed by atoms with Crippen LogP contribution in [0.4, 0.5) is 8.78 Å². The Morgan fingerprint density at radius 3 is 2.67 bits per heavy atom. The first kappa shape index (κ1) is 22.2. The number of aromatic nitrogens is 1. The van der Waals surface area contributed by atoms with Crippen LogP contribution in [0, 0.1) is 11.6 Å². The molecule has 5 rings (SSSR count). The lowest BCUT2D eigenvalue weighted by Gasteiger charge is -2.40. The van der Waals surface area contributed by atoms with E-state index in [9.17, 15) is 19.0 Å². The minimum atomic E-state index is -0.993. The van der Waals surface area contributed by atoms with Gasteiger partial charge in [0.15, 0.2) is 11.6 Å². The fraction of sp³-hybridized carbons (Fsp3) is 0.423. The van der Waals surface area contributed by atoms with Crippen LogP contribution in [-0.2, 0) is 18.4 Å². The van der Waals surface area contributed by atoms with E-state index in [1.165, 1.54) is 0 Å². The maximum atomic E-state index is 13.9. The summed E-state index contributed by atoms with van der Waals surface area (Å²) in [6, 6.07) is 9.00. The van der Waals surface area contributed by atoms with Crippen molar-refractivity contribution in [3.05, 3.63) is 71.1 Å². The van der Waals surface area contributed by atoms with Crippen LogP contribution in [-0.4, -0.2) is 46.0 Å². The second kappa shape index (κ2) is 8.97. The molecule has 2 aromatic carbocycles. The average molecular weight is 455 g/mol. The van der Waals surface area contributed by atoms with Gasteiger partial charge in [-0.15, -0.1) is 0 Å². The Labute approximate surface area is 191 Å². The van der Waals surface area contributed by atoms with E-state index in [0.717, 1.165) is 34.4 Å². The van der Waals surface area contributed by atoms with Crippen molar-refractivity contribution in [1.82, 2.24) is 9.88 Å². The topological polar surface area (TPSA) is 65.8 Å². The van der Waals surface area contributed by atoms with E-state index in [-0.39, 0.29) is 6.61 Å². The van der Waals surface area contributed by atoms with E-state index < -0.39 is 23.5 Å². The molecule has 1 fully saturated rings. The predicted octanol–water partition coefficient (Wildman–Crippen LogP) is 4.07. The molecular weight excluding hydrogens is 426 g/mol. The molecule has 1 aromatic heterocycles. The molecule has 7 heteroatoms. The monoisotopic (exact) mass is 454 g/mol. The summed E-state index contributed by atoms with van der Waals surface area (Å²) in [5, 5.41) is 24.0. The number of benzene rings is 2. The van der Waals surface area contributed by atoms with Gasteiger partial charge in [0.25, 0.3) is 0 Å². The van der Waals surface area contributed by atoms with Crippen LogP contribution in [0.25, 0.3) is 10.8 Å². The maximum Gasteiger partial charge on any atom is 0.162 e. The molecule has 0 spiro atoms. The number of nitrogens with zero attached hydrogens (tertiary/aromatic N) is 2. The molecule has 2 heterocycles. The van der Waals surface area contributed by atoms with Crippen molar-refractivity contribution >= 4 is 10.8 Å². The first-order valence-electron chi connectivity index (χ1n) is 11.6. The molecule has 1 aliphatic heterocycles. The molecule has 0 bridgehead atoms. The Morgan fingerprint density at radius 2 is 1.85 bits per heavy atom. The Kier molecular flexibility index (Phi) is 6.03. The van der Waals surface area contributed by atoms with Crippen molar-refractivity contribution in [2.24, 2.45) is 0 Å². The van der Waals surface area contributed by atoms with Gasteiger partial charge in [-0.1, -0.05) is 24.3 Å². The summed E-state index contributed by atoms with van der Waals surface area (Å²) in [4.78, 5) is 6.23. The molecule has 0 radical (unpaired) electrons. The number of aliphatic hydroxyl groups excluding tert-OH is 1. The minimum absolute atomic E-state index is 0.201. The van der Waals surface area contributed by atoms with Crippen molar-refractivity contribution in [3.63, 3.8) is 0 Å². The van der Waals surface area contributed by atoms with Crippen molar-refractivity contribution in [3.8, 4) is 5.75 Å². The van der Waals surface area contributed by atoms with Crippen molar-refractivity contribution in [1.29, 1.82) is 0 Å². The zero-order chi connectivity index (χ0) is 23.0. The van der Waals surface area contributed by atoms with Gasteiger partial charge in [0, 0.05) is 54.5 Å². The van der Waals surface area contributed by atoms with Gasteiger partial charge in [0.1, 0.15) is 12.0 Å². The molecule has 33 heavy (non-hydrogen) atoms. The Morgan fingerprint density at radius 1 is 1.09 bits per heavy atom. The number of ether oxygens (including phenoxy) is 1. The Balaban J connectivity index is 1.19. The van der Waals surface area contributed by atoms with Crippen molar-refractivity contribution in [2.45, 2.75) is 50.4 Å². The molecule has 174 valence electrons. The molecule has 1 aliphatic carbocycles. The van der Waals surface area contributed by atoms with Gasteiger partial charge in [-0.3, -0.25) is 9.88 Å². The number of hydrogen-bond acceptors (Lipinski definition) is 5. The van der Waals surface area contributed by atoms with Crippen LogP contribution >= 0.6 is 0 Å². The van der Waals surface area contributed by atoms with E-state index in [0.29, 0.717) is 56.5 Å². The molecule has 5 nitrogen and oxygen atoms in total. The van der Waals surface area contributed by atoms with E-state index in [4.69, 9.17) is 4.74 Å². The summed E-state index contributed by atoms with van der Waals surface area (Å²) in [5.74, 6) is -1.27. The van der Waals surface area contributed by atoms with Gasteiger partial charge in [-0.05, 0) is 43.1 Å². The maximum absolute atomic E-state index is 13.9. The van der Waals surface area contributed by atoms with Gasteiger partial charge < -0.3 is 14.9 Å². The molecule has 0 amide bonds. The quantitative estimate of drug-likeness (QED) is 0.588.